The van der Waals surface area contributed by atoms with Crippen molar-refractivity contribution in [2.75, 3.05) is 0 Å². The molecule has 0 spiro atoms. The highest BCUT2D eigenvalue weighted by atomic mass is 15.1. The molecule has 2 aromatic rings. The SMILES string of the molecule is CCCn1cncc1Cn1ccc(CN)c1. The second-order valence-electron chi connectivity index (χ2n) is 3.97. The third-order valence-corrected chi connectivity index (χ3v) is 2.66. The van der Waals surface area contributed by atoms with Gasteiger partial charge in [-0.05, 0) is 18.1 Å². The van der Waals surface area contributed by atoms with Crippen molar-refractivity contribution < 1.29 is 0 Å². The van der Waals surface area contributed by atoms with Gasteiger partial charge in [-0.1, -0.05) is 6.92 Å². The molecule has 86 valence electrons. The van der Waals surface area contributed by atoms with Gasteiger partial charge in [0.1, 0.15) is 0 Å². The lowest BCUT2D eigenvalue weighted by Crippen LogP contribution is -2.05. The minimum Gasteiger partial charge on any atom is -0.348 e. The van der Waals surface area contributed by atoms with Gasteiger partial charge in [-0.2, -0.15) is 0 Å². The Kier molecular flexibility index (Phi) is 3.41. The molecule has 0 aromatic carbocycles. The Hall–Kier alpha value is -1.55. The summed E-state index contributed by atoms with van der Waals surface area (Å²) in [5, 5.41) is 0. The Balaban J connectivity index is 2.10. The Labute approximate surface area is 95.7 Å². The Morgan fingerprint density at radius 1 is 1.44 bits per heavy atom. The van der Waals surface area contributed by atoms with Gasteiger partial charge in [0.15, 0.2) is 0 Å². The van der Waals surface area contributed by atoms with E-state index in [0.717, 1.165) is 19.5 Å². The van der Waals surface area contributed by atoms with E-state index in [9.17, 15) is 0 Å². The predicted octanol–water partition coefficient (Wildman–Crippen LogP) is 1.60. The van der Waals surface area contributed by atoms with Crippen molar-refractivity contribution in [2.45, 2.75) is 33.0 Å². The number of aryl methyl sites for hydroxylation is 1. The molecule has 0 unspecified atom stereocenters. The molecule has 16 heavy (non-hydrogen) atoms. The maximum atomic E-state index is 5.58. The second-order valence-corrected chi connectivity index (χ2v) is 3.97. The van der Waals surface area contributed by atoms with Crippen LogP contribution in [0.25, 0.3) is 0 Å². The van der Waals surface area contributed by atoms with Gasteiger partial charge in [-0.25, -0.2) is 4.98 Å². The van der Waals surface area contributed by atoms with Crippen LogP contribution < -0.4 is 5.73 Å². The Morgan fingerprint density at radius 3 is 3.00 bits per heavy atom. The van der Waals surface area contributed by atoms with Crippen molar-refractivity contribution in [1.29, 1.82) is 0 Å². The van der Waals surface area contributed by atoms with Crippen molar-refractivity contribution in [1.82, 2.24) is 14.1 Å². The summed E-state index contributed by atoms with van der Waals surface area (Å²) in [7, 11) is 0. The normalized spacial score (nSPS) is 10.9. The molecule has 0 aliphatic heterocycles. The fraction of sp³-hybridized carbons (Fsp3) is 0.417. The molecule has 2 aromatic heterocycles. The molecule has 0 fully saturated rings. The summed E-state index contributed by atoms with van der Waals surface area (Å²) in [4.78, 5) is 4.19. The van der Waals surface area contributed by atoms with Gasteiger partial charge >= 0.3 is 0 Å². The van der Waals surface area contributed by atoms with E-state index in [1.807, 2.05) is 12.5 Å². The van der Waals surface area contributed by atoms with Gasteiger partial charge in [0.2, 0.25) is 0 Å². The zero-order chi connectivity index (χ0) is 11.4. The van der Waals surface area contributed by atoms with Crippen LogP contribution in [-0.2, 0) is 19.6 Å². The van der Waals surface area contributed by atoms with Crippen LogP contribution in [0.3, 0.4) is 0 Å². The van der Waals surface area contributed by atoms with E-state index < -0.39 is 0 Å². The second kappa shape index (κ2) is 4.99. The quantitative estimate of drug-likeness (QED) is 0.828. The van der Waals surface area contributed by atoms with E-state index in [1.165, 1.54) is 11.3 Å². The van der Waals surface area contributed by atoms with Crippen LogP contribution in [0.4, 0.5) is 0 Å². The van der Waals surface area contributed by atoms with Crippen molar-refractivity contribution >= 4 is 0 Å². The number of aromatic nitrogens is 3. The zero-order valence-electron chi connectivity index (χ0n) is 9.63. The molecule has 2 heterocycles. The van der Waals surface area contributed by atoms with Gasteiger partial charge in [-0.15, -0.1) is 0 Å². The molecule has 0 aliphatic rings. The molecular weight excluding hydrogens is 200 g/mol. The van der Waals surface area contributed by atoms with Gasteiger partial charge < -0.3 is 14.9 Å². The molecule has 0 saturated heterocycles. The van der Waals surface area contributed by atoms with Crippen LogP contribution in [-0.4, -0.2) is 14.1 Å². The van der Waals surface area contributed by atoms with E-state index in [0.29, 0.717) is 6.54 Å². The average Bonchev–Trinajstić information content (AvgIpc) is 2.90. The fourth-order valence-electron chi connectivity index (χ4n) is 1.82. The molecule has 0 atom stereocenters. The number of nitrogens with zero attached hydrogens (tertiary/aromatic N) is 3. The first kappa shape index (κ1) is 11.0. The summed E-state index contributed by atoms with van der Waals surface area (Å²) in [6, 6.07) is 2.06. The highest BCUT2D eigenvalue weighted by Gasteiger charge is 2.02. The molecule has 2 N–H and O–H groups in total. The molecular formula is C12H18N4. The number of nitrogens with two attached hydrogens (primary N) is 1. The monoisotopic (exact) mass is 218 g/mol. The first-order chi connectivity index (χ1) is 7.83. The minimum absolute atomic E-state index is 0.598. The molecule has 0 bridgehead atoms. The first-order valence-electron chi connectivity index (χ1n) is 5.67. The van der Waals surface area contributed by atoms with Gasteiger partial charge in [0, 0.05) is 31.7 Å². The van der Waals surface area contributed by atoms with Gasteiger partial charge in [-0.3, -0.25) is 0 Å². The maximum absolute atomic E-state index is 5.58. The van der Waals surface area contributed by atoms with E-state index in [1.54, 1.807) is 0 Å². The molecule has 0 radical (unpaired) electrons. The third-order valence-electron chi connectivity index (χ3n) is 2.66. The maximum Gasteiger partial charge on any atom is 0.0948 e. The minimum atomic E-state index is 0.598. The third kappa shape index (κ3) is 2.33. The lowest BCUT2D eigenvalue weighted by molar-refractivity contribution is 0.624. The topological polar surface area (TPSA) is 48.8 Å². The fourth-order valence-corrected chi connectivity index (χ4v) is 1.82. The highest BCUT2D eigenvalue weighted by Crippen LogP contribution is 2.06. The first-order valence-corrected chi connectivity index (χ1v) is 5.67. The Morgan fingerprint density at radius 2 is 2.31 bits per heavy atom. The summed E-state index contributed by atoms with van der Waals surface area (Å²) in [5.74, 6) is 0. The van der Waals surface area contributed by atoms with Crippen LogP contribution in [0.2, 0.25) is 0 Å². The molecule has 0 amide bonds. The van der Waals surface area contributed by atoms with Crippen LogP contribution in [0, 0.1) is 0 Å². The number of hydrogen-bond acceptors (Lipinski definition) is 2. The lowest BCUT2D eigenvalue weighted by Gasteiger charge is -2.07. The lowest BCUT2D eigenvalue weighted by atomic mass is 10.3. The van der Waals surface area contributed by atoms with Crippen molar-refractivity contribution in [3.63, 3.8) is 0 Å². The van der Waals surface area contributed by atoms with E-state index in [2.05, 4.69) is 39.5 Å². The number of hydrogen-bond donors (Lipinski definition) is 1. The summed E-state index contributed by atoms with van der Waals surface area (Å²) >= 11 is 0. The van der Waals surface area contributed by atoms with Crippen LogP contribution in [0.15, 0.2) is 31.0 Å². The number of imidazole rings is 1. The van der Waals surface area contributed by atoms with Gasteiger partial charge in [0.05, 0.1) is 18.6 Å². The molecule has 4 heteroatoms. The molecule has 4 nitrogen and oxygen atoms in total. The predicted molar refractivity (Wildman–Crippen MR) is 63.9 cm³/mol. The average molecular weight is 218 g/mol. The van der Waals surface area contributed by atoms with Crippen molar-refractivity contribution in [2.24, 2.45) is 5.73 Å². The molecule has 0 saturated carbocycles. The van der Waals surface area contributed by atoms with Crippen LogP contribution in [0.1, 0.15) is 24.6 Å². The Bertz CT molecular complexity index is 441. The molecule has 2 rings (SSSR count). The zero-order valence-corrected chi connectivity index (χ0v) is 9.63. The summed E-state index contributed by atoms with van der Waals surface area (Å²) in [5.41, 5.74) is 7.99. The number of rotatable bonds is 5. The van der Waals surface area contributed by atoms with E-state index >= 15 is 0 Å². The summed E-state index contributed by atoms with van der Waals surface area (Å²) in [6.45, 7) is 4.66. The van der Waals surface area contributed by atoms with Crippen LogP contribution >= 0.6 is 0 Å². The summed E-state index contributed by atoms with van der Waals surface area (Å²) in [6.07, 6.45) is 9.10. The standard InChI is InChI=1S/C12H18N4/c1-2-4-16-10-14-7-12(16)9-15-5-3-11(6-13)8-15/h3,5,7-8,10H,2,4,6,9,13H2,1H3. The van der Waals surface area contributed by atoms with Crippen molar-refractivity contribution in [3.8, 4) is 0 Å². The van der Waals surface area contributed by atoms with Crippen LogP contribution in [0.5, 0.6) is 0 Å². The van der Waals surface area contributed by atoms with Crippen molar-refractivity contribution in [3.05, 3.63) is 42.2 Å². The highest BCUT2D eigenvalue weighted by molar-refractivity contribution is 5.11. The smallest absolute Gasteiger partial charge is 0.0948 e. The van der Waals surface area contributed by atoms with E-state index in [-0.39, 0.29) is 0 Å². The van der Waals surface area contributed by atoms with Gasteiger partial charge in [0.25, 0.3) is 0 Å². The summed E-state index contributed by atoms with van der Waals surface area (Å²) < 4.78 is 4.34. The molecule has 0 aliphatic carbocycles. The largest absolute Gasteiger partial charge is 0.348 e. The van der Waals surface area contributed by atoms with E-state index in [4.69, 9.17) is 5.73 Å².